The van der Waals surface area contributed by atoms with Crippen LogP contribution in [0.5, 0.6) is 5.75 Å². The Morgan fingerprint density at radius 2 is 2.53 bits per heavy atom. The van der Waals surface area contributed by atoms with Crippen molar-refractivity contribution in [2.24, 2.45) is 0 Å². The van der Waals surface area contributed by atoms with Gasteiger partial charge < -0.3 is 14.8 Å². The summed E-state index contributed by atoms with van der Waals surface area (Å²) >= 11 is 3.28. The SMILES string of the molecule is O=C1NCC(COc2cncc(Br)c2)O1. The number of rotatable bonds is 3. The highest BCUT2D eigenvalue weighted by molar-refractivity contribution is 9.10. The van der Waals surface area contributed by atoms with Gasteiger partial charge in [-0.3, -0.25) is 4.98 Å². The molecule has 0 aliphatic carbocycles. The van der Waals surface area contributed by atoms with Gasteiger partial charge in [-0.25, -0.2) is 4.79 Å². The zero-order valence-corrected chi connectivity index (χ0v) is 9.36. The third-order valence-corrected chi connectivity index (χ3v) is 2.30. The Hall–Kier alpha value is -1.30. The van der Waals surface area contributed by atoms with Gasteiger partial charge >= 0.3 is 6.09 Å². The quantitative estimate of drug-likeness (QED) is 0.902. The summed E-state index contributed by atoms with van der Waals surface area (Å²) in [5, 5.41) is 2.55. The van der Waals surface area contributed by atoms with Crippen LogP contribution in [0.1, 0.15) is 0 Å². The van der Waals surface area contributed by atoms with E-state index in [1.165, 1.54) is 0 Å². The molecule has 15 heavy (non-hydrogen) atoms. The molecule has 1 fully saturated rings. The zero-order chi connectivity index (χ0) is 10.7. The highest BCUT2D eigenvalue weighted by Gasteiger charge is 2.22. The number of aromatic nitrogens is 1. The molecule has 0 aromatic carbocycles. The number of nitrogens with zero attached hydrogens (tertiary/aromatic N) is 1. The molecule has 2 rings (SSSR count). The summed E-state index contributed by atoms with van der Waals surface area (Å²) in [5.41, 5.74) is 0. The van der Waals surface area contributed by atoms with Gasteiger partial charge in [0.05, 0.1) is 12.7 Å². The number of carbonyl (C=O) groups is 1. The molecule has 1 aliphatic rings. The van der Waals surface area contributed by atoms with Crippen LogP contribution in [-0.2, 0) is 4.74 Å². The second kappa shape index (κ2) is 4.48. The van der Waals surface area contributed by atoms with Gasteiger partial charge in [0.1, 0.15) is 12.4 Å². The van der Waals surface area contributed by atoms with Crippen LogP contribution < -0.4 is 10.1 Å². The second-order valence-electron chi connectivity index (χ2n) is 3.06. The van der Waals surface area contributed by atoms with E-state index in [1.54, 1.807) is 18.5 Å². The number of hydrogen-bond donors (Lipinski definition) is 1. The van der Waals surface area contributed by atoms with E-state index >= 15 is 0 Å². The summed E-state index contributed by atoms with van der Waals surface area (Å²) < 4.78 is 11.2. The van der Waals surface area contributed by atoms with Gasteiger partial charge in [-0.1, -0.05) is 0 Å². The van der Waals surface area contributed by atoms with Crippen molar-refractivity contribution in [1.29, 1.82) is 0 Å². The minimum atomic E-state index is -0.393. The number of hydrogen-bond acceptors (Lipinski definition) is 4. The standard InChI is InChI=1S/C9H9BrN2O3/c10-6-1-7(3-11-2-6)14-5-8-4-12-9(13)15-8/h1-3,8H,4-5H2,(H,12,13). The number of halogens is 1. The summed E-state index contributed by atoms with van der Waals surface area (Å²) in [5.74, 6) is 0.646. The van der Waals surface area contributed by atoms with E-state index in [-0.39, 0.29) is 6.10 Å². The van der Waals surface area contributed by atoms with E-state index in [9.17, 15) is 4.79 Å². The smallest absolute Gasteiger partial charge is 0.407 e. The van der Waals surface area contributed by atoms with Crippen molar-refractivity contribution in [3.8, 4) is 5.75 Å². The van der Waals surface area contributed by atoms with Crippen LogP contribution in [0.4, 0.5) is 4.79 Å². The first-order valence-corrected chi connectivity index (χ1v) is 5.21. The summed E-state index contributed by atoms with van der Waals surface area (Å²) in [6, 6.07) is 1.80. The van der Waals surface area contributed by atoms with Gasteiger partial charge in [-0.05, 0) is 22.0 Å². The molecular formula is C9H9BrN2O3. The van der Waals surface area contributed by atoms with Gasteiger partial charge in [-0.15, -0.1) is 0 Å². The molecule has 1 N–H and O–H groups in total. The third kappa shape index (κ3) is 2.82. The van der Waals surface area contributed by atoms with Crippen molar-refractivity contribution >= 4 is 22.0 Å². The first kappa shape index (κ1) is 10.2. The molecule has 1 aromatic heterocycles. The van der Waals surface area contributed by atoms with Crippen LogP contribution in [0, 0.1) is 0 Å². The van der Waals surface area contributed by atoms with Crippen LogP contribution in [-0.4, -0.2) is 30.3 Å². The maximum Gasteiger partial charge on any atom is 0.407 e. The lowest BCUT2D eigenvalue weighted by Crippen LogP contribution is -2.21. The van der Waals surface area contributed by atoms with Gasteiger partial charge in [0.15, 0.2) is 6.10 Å². The van der Waals surface area contributed by atoms with Crippen molar-refractivity contribution < 1.29 is 14.3 Å². The number of pyridine rings is 1. The van der Waals surface area contributed by atoms with Crippen molar-refractivity contribution in [1.82, 2.24) is 10.3 Å². The van der Waals surface area contributed by atoms with E-state index in [4.69, 9.17) is 9.47 Å². The van der Waals surface area contributed by atoms with Crippen LogP contribution in [0.25, 0.3) is 0 Å². The van der Waals surface area contributed by atoms with E-state index in [0.29, 0.717) is 18.9 Å². The van der Waals surface area contributed by atoms with Crippen molar-refractivity contribution in [2.45, 2.75) is 6.10 Å². The van der Waals surface area contributed by atoms with E-state index in [2.05, 4.69) is 26.2 Å². The summed E-state index contributed by atoms with van der Waals surface area (Å²) in [4.78, 5) is 14.7. The largest absolute Gasteiger partial charge is 0.488 e. The molecule has 1 unspecified atom stereocenters. The van der Waals surface area contributed by atoms with Crippen LogP contribution in [0.2, 0.25) is 0 Å². The fraction of sp³-hybridized carbons (Fsp3) is 0.333. The molecule has 80 valence electrons. The predicted octanol–water partition coefficient (Wildman–Crippen LogP) is 1.33. The normalized spacial score (nSPS) is 19.5. The fourth-order valence-corrected chi connectivity index (χ4v) is 1.53. The van der Waals surface area contributed by atoms with Crippen molar-refractivity contribution in [3.05, 3.63) is 22.9 Å². The molecule has 1 saturated heterocycles. The number of ether oxygens (including phenoxy) is 2. The Bertz CT molecular complexity index is 372. The molecule has 1 amide bonds. The van der Waals surface area contributed by atoms with E-state index in [1.807, 2.05) is 0 Å². The molecular weight excluding hydrogens is 264 g/mol. The average Bonchev–Trinajstić information content (AvgIpc) is 2.62. The topological polar surface area (TPSA) is 60.5 Å². The highest BCUT2D eigenvalue weighted by Crippen LogP contribution is 2.16. The Morgan fingerprint density at radius 1 is 1.67 bits per heavy atom. The molecule has 2 heterocycles. The first-order chi connectivity index (χ1) is 7.24. The molecule has 1 aromatic rings. The van der Waals surface area contributed by atoms with Gasteiger partial charge in [0.25, 0.3) is 0 Å². The maximum atomic E-state index is 10.7. The van der Waals surface area contributed by atoms with Gasteiger partial charge in [-0.2, -0.15) is 0 Å². The minimum absolute atomic E-state index is 0.225. The molecule has 0 spiro atoms. The molecule has 0 radical (unpaired) electrons. The molecule has 5 nitrogen and oxygen atoms in total. The lowest BCUT2D eigenvalue weighted by molar-refractivity contribution is 0.104. The molecule has 1 atom stereocenters. The Morgan fingerprint density at radius 3 is 3.20 bits per heavy atom. The lowest BCUT2D eigenvalue weighted by Gasteiger charge is -2.09. The van der Waals surface area contributed by atoms with Gasteiger partial charge in [0.2, 0.25) is 0 Å². The van der Waals surface area contributed by atoms with Crippen molar-refractivity contribution in [2.75, 3.05) is 13.2 Å². The van der Waals surface area contributed by atoms with E-state index in [0.717, 1.165) is 4.47 Å². The maximum absolute atomic E-state index is 10.7. The molecule has 1 aliphatic heterocycles. The number of alkyl carbamates (subject to hydrolysis) is 1. The Balaban J connectivity index is 1.85. The van der Waals surface area contributed by atoms with Crippen LogP contribution in [0.3, 0.4) is 0 Å². The predicted molar refractivity (Wildman–Crippen MR) is 55.7 cm³/mol. The van der Waals surface area contributed by atoms with Crippen LogP contribution >= 0.6 is 15.9 Å². The zero-order valence-electron chi connectivity index (χ0n) is 7.77. The fourth-order valence-electron chi connectivity index (χ4n) is 1.19. The highest BCUT2D eigenvalue weighted by atomic mass is 79.9. The second-order valence-corrected chi connectivity index (χ2v) is 3.97. The third-order valence-electron chi connectivity index (χ3n) is 1.86. The Kier molecular flexibility index (Phi) is 3.05. The number of nitrogens with one attached hydrogen (secondary N) is 1. The molecule has 0 bridgehead atoms. The minimum Gasteiger partial charge on any atom is -0.488 e. The monoisotopic (exact) mass is 272 g/mol. The Labute approximate surface area is 94.9 Å². The van der Waals surface area contributed by atoms with E-state index < -0.39 is 6.09 Å². The molecule has 0 saturated carbocycles. The summed E-state index contributed by atoms with van der Waals surface area (Å²) in [6.07, 6.45) is 2.66. The lowest BCUT2D eigenvalue weighted by atomic mass is 10.4. The summed E-state index contributed by atoms with van der Waals surface area (Å²) in [7, 11) is 0. The van der Waals surface area contributed by atoms with Gasteiger partial charge in [0, 0.05) is 10.7 Å². The molecule has 6 heteroatoms. The van der Waals surface area contributed by atoms with Crippen LogP contribution in [0.15, 0.2) is 22.9 Å². The number of carbonyl (C=O) groups excluding carboxylic acids is 1. The van der Waals surface area contributed by atoms with Crippen molar-refractivity contribution in [3.63, 3.8) is 0 Å². The number of cyclic esters (lactones) is 1. The number of amides is 1. The first-order valence-electron chi connectivity index (χ1n) is 4.42. The summed E-state index contributed by atoms with van der Waals surface area (Å²) in [6.45, 7) is 0.817. The average molecular weight is 273 g/mol.